The van der Waals surface area contributed by atoms with E-state index in [1.54, 1.807) is 12.1 Å². The maximum absolute atomic E-state index is 11.5. The van der Waals surface area contributed by atoms with Crippen LogP contribution in [-0.4, -0.2) is 27.4 Å². The Morgan fingerprint density at radius 3 is 2.68 bits per heavy atom. The summed E-state index contributed by atoms with van der Waals surface area (Å²) in [7, 11) is 0. The third-order valence-electron chi connectivity index (χ3n) is 2.30. The Balaban J connectivity index is 1.86. The number of nitrogens with zero attached hydrogens (tertiary/aromatic N) is 1. The van der Waals surface area contributed by atoms with E-state index in [0.717, 1.165) is 5.56 Å². The molecule has 0 fully saturated rings. The molecule has 98 valence electrons. The van der Waals surface area contributed by atoms with E-state index in [1.165, 1.54) is 24.4 Å². The standard InChI is InChI=1S/C12H12N4O3/c17-10-3-1-8(2-4-10)7-13-15-11(18)5-9-6-12(19)16-14-9/h1-4,6-7,17H,5H2,(H,15,18)(H2,14,16,19). The maximum atomic E-state index is 11.5. The van der Waals surface area contributed by atoms with E-state index in [9.17, 15) is 9.59 Å². The Bertz CT molecular complexity index is 639. The largest absolute Gasteiger partial charge is 0.508 e. The molecule has 0 aliphatic carbocycles. The number of benzene rings is 1. The van der Waals surface area contributed by atoms with Crippen molar-refractivity contribution in [1.29, 1.82) is 0 Å². The van der Waals surface area contributed by atoms with Gasteiger partial charge in [-0.3, -0.25) is 14.7 Å². The summed E-state index contributed by atoms with van der Waals surface area (Å²) in [5, 5.41) is 17.8. The van der Waals surface area contributed by atoms with Crippen LogP contribution < -0.4 is 11.0 Å². The van der Waals surface area contributed by atoms with Gasteiger partial charge in [-0.25, -0.2) is 5.43 Å². The number of hydrogen-bond donors (Lipinski definition) is 4. The predicted octanol–water partition coefficient (Wildman–Crippen LogP) is 0.101. The third-order valence-corrected chi connectivity index (χ3v) is 2.30. The van der Waals surface area contributed by atoms with Gasteiger partial charge in [-0.1, -0.05) is 0 Å². The molecule has 7 heteroatoms. The lowest BCUT2D eigenvalue weighted by atomic mass is 10.2. The number of aromatic hydroxyl groups is 1. The summed E-state index contributed by atoms with van der Waals surface area (Å²) in [6.07, 6.45) is 1.49. The number of rotatable bonds is 4. The minimum absolute atomic E-state index is 0.0334. The van der Waals surface area contributed by atoms with Crippen LogP contribution in [0, 0.1) is 0 Å². The first-order chi connectivity index (χ1) is 9.13. The van der Waals surface area contributed by atoms with Crippen molar-refractivity contribution in [2.45, 2.75) is 6.42 Å². The van der Waals surface area contributed by atoms with Gasteiger partial charge in [-0.2, -0.15) is 5.10 Å². The second kappa shape index (κ2) is 5.67. The molecule has 19 heavy (non-hydrogen) atoms. The second-order valence-electron chi connectivity index (χ2n) is 3.85. The zero-order chi connectivity index (χ0) is 13.7. The Labute approximate surface area is 108 Å². The van der Waals surface area contributed by atoms with Crippen molar-refractivity contribution in [2.24, 2.45) is 5.10 Å². The smallest absolute Gasteiger partial charge is 0.264 e. The van der Waals surface area contributed by atoms with Crippen molar-refractivity contribution in [3.63, 3.8) is 0 Å². The zero-order valence-corrected chi connectivity index (χ0v) is 9.88. The number of hydrogen-bond acceptors (Lipinski definition) is 4. The monoisotopic (exact) mass is 260 g/mol. The molecule has 2 rings (SSSR count). The highest BCUT2D eigenvalue weighted by molar-refractivity contribution is 5.83. The summed E-state index contributed by atoms with van der Waals surface area (Å²) in [5.74, 6) is -0.178. The molecule has 0 atom stereocenters. The molecular formula is C12H12N4O3. The molecule has 4 N–H and O–H groups in total. The number of amides is 1. The number of phenolic OH excluding ortho intramolecular Hbond substituents is 1. The number of hydrazone groups is 1. The first-order valence-corrected chi connectivity index (χ1v) is 5.51. The lowest BCUT2D eigenvalue weighted by molar-refractivity contribution is -0.120. The van der Waals surface area contributed by atoms with Gasteiger partial charge < -0.3 is 10.2 Å². The van der Waals surface area contributed by atoms with Crippen molar-refractivity contribution < 1.29 is 9.90 Å². The summed E-state index contributed by atoms with van der Waals surface area (Å²) in [5.41, 5.74) is 3.29. The molecule has 0 saturated carbocycles. The predicted molar refractivity (Wildman–Crippen MR) is 69.0 cm³/mol. The van der Waals surface area contributed by atoms with Crippen molar-refractivity contribution in [3.8, 4) is 5.75 Å². The fourth-order valence-electron chi connectivity index (χ4n) is 1.42. The molecule has 1 heterocycles. The van der Waals surface area contributed by atoms with E-state index in [4.69, 9.17) is 5.11 Å². The number of carbonyl (C=O) groups is 1. The number of aromatic nitrogens is 2. The highest BCUT2D eigenvalue weighted by Crippen LogP contribution is 2.07. The van der Waals surface area contributed by atoms with Gasteiger partial charge in [0, 0.05) is 11.8 Å². The molecule has 1 aromatic carbocycles. The van der Waals surface area contributed by atoms with E-state index in [-0.39, 0.29) is 23.6 Å². The van der Waals surface area contributed by atoms with Gasteiger partial charge in [0.2, 0.25) is 5.91 Å². The topological polar surface area (TPSA) is 110 Å². The Kier molecular flexibility index (Phi) is 3.77. The fourth-order valence-corrected chi connectivity index (χ4v) is 1.42. The van der Waals surface area contributed by atoms with E-state index in [1.807, 2.05) is 0 Å². The van der Waals surface area contributed by atoms with Gasteiger partial charge in [0.25, 0.3) is 5.56 Å². The van der Waals surface area contributed by atoms with Gasteiger partial charge in [-0.15, -0.1) is 0 Å². The van der Waals surface area contributed by atoms with Gasteiger partial charge in [0.15, 0.2) is 0 Å². The first-order valence-electron chi connectivity index (χ1n) is 5.51. The highest BCUT2D eigenvalue weighted by Gasteiger charge is 2.03. The first kappa shape index (κ1) is 12.6. The minimum Gasteiger partial charge on any atom is -0.508 e. The lowest BCUT2D eigenvalue weighted by Gasteiger charge is -1.97. The van der Waals surface area contributed by atoms with Crippen LogP contribution >= 0.6 is 0 Å². The molecule has 1 aromatic heterocycles. The lowest BCUT2D eigenvalue weighted by Crippen LogP contribution is -2.20. The Morgan fingerprint density at radius 2 is 2.05 bits per heavy atom. The molecule has 2 aromatic rings. The Hall–Kier alpha value is -2.83. The summed E-state index contributed by atoms with van der Waals surface area (Å²) in [6, 6.07) is 7.67. The van der Waals surface area contributed by atoms with Crippen LogP contribution in [0.25, 0.3) is 0 Å². The van der Waals surface area contributed by atoms with Crippen LogP contribution in [0.4, 0.5) is 0 Å². The van der Waals surface area contributed by atoms with Gasteiger partial charge in [0.1, 0.15) is 5.75 Å². The van der Waals surface area contributed by atoms with Crippen LogP contribution in [0.1, 0.15) is 11.3 Å². The number of aromatic amines is 2. The summed E-state index contributed by atoms with van der Waals surface area (Å²) < 4.78 is 0. The van der Waals surface area contributed by atoms with Crippen molar-refractivity contribution in [3.05, 3.63) is 51.9 Å². The molecule has 0 unspecified atom stereocenters. The molecule has 0 bridgehead atoms. The SMILES string of the molecule is O=C(Cc1cc(=O)[nH][nH]1)NN=Cc1ccc(O)cc1. The van der Waals surface area contributed by atoms with E-state index in [2.05, 4.69) is 20.7 Å². The second-order valence-corrected chi connectivity index (χ2v) is 3.85. The number of carbonyl (C=O) groups excluding carboxylic acids is 1. The van der Waals surface area contributed by atoms with Crippen LogP contribution in [0.15, 0.2) is 40.2 Å². The zero-order valence-electron chi connectivity index (χ0n) is 9.88. The van der Waals surface area contributed by atoms with Crippen LogP contribution in [0.2, 0.25) is 0 Å². The minimum atomic E-state index is -0.342. The van der Waals surface area contributed by atoms with E-state index >= 15 is 0 Å². The Morgan fingerprint density at radius 1 is 1.32 bits per heavy atom. The third kappa shape index (κ3) is 3.84. The van der Waals surface area contributed by atoms with Crippen molar-refractivity contribution in [2.75, 3.05) is 0 Å². The molecule has 0 saturated heterocycles. The summed E-state index contributed by atoms with van der Waals surface area (Å²) in [4.78, 5) is 22.3. The molecular weight excluding hydrogens is 248 g/mol. The van der Waals surface area contributed by atoms with Gasteiger partial charge in [0.05, 0.1) is 12.6 Å². The summed E-state index contributed by atoms with van der Waals surface area (Å²) in [6.45, 7) is 0. The number of H-pyrrole nitrogens is 2. The van der Waals surface area contributed by atoms with E-state index < -0.39 is 0 Å². The number of nitrogens with one attached hydrogen (secondary N) is 3. The molecule has 0 radical (unpaired) electrons. The molecule has 7 nitrogen and oxygen atoms in total. The normalized spacial score (nSPS) is 10.7. The molecule has 0 aliphatic rings. The van der Waals surface area contributed by atoms with Crippen LogP contribution in [0.3, 0.4) is 0 Å². The van der Waals surface area contributed by atoms with Crippen LogP contribution in [0.5, 0.6) is 5.75 Å². The average Bonchev–Trinajstić information content (AvgIpc) is 2.77. The quantitative estimate of drug-likeness (QED) is 0.462. The van der Waals surface area contributed by atoms with Gasteiger partial charge >= 0.3 is 0 Å². The molecule has 0 aliphatic heterocycles. The van der Waals surface area contributed by atoms with E-state index in [0.29, 0.717) is 5.69 Å². The molecule has 1 amide bonds. The number of phenols is 1. The van der Waals surface area contributed by atoms with Crippen LogP contribution in [-0.2, 0) is 11.2 Å². The van der Waals surface area contributed by atoms with Gasteiger partial charge in [-0.05, 0) is 29.8 Å². The van der Waals surface area contributed by atoms with Crippen molar-refractivity contribution >= 4 is 12.1 Å². The maximum Gasteiger partial charge on any atom is 0.264 e. The van der Waals surface area contributed by atoms with Crippen molar-refractivity contribution in [1.82, 2.24) is 15.6 Å². The highest BCUT2D eigenvalue weighted by atomic mass is 16.3. The average molecular weight is 260 g/mol. The summed E-state index contributed by atoms with van der Waals surface area (Å²) >= 11 is 0. The fraction of sp³-hybridized carbons (Fsp3) is 0.0833. The molecule has 0 spiro atoms.